The molecule has 1 heteroatoms. The molecule has 30 heavy (non-hydrogen) atoms. The van der Waals surface area contributed by atoms with Crippen LogP contribution in [-0.4, -0.2) is 11.2 Å². The summed E-state index contributed by atoms with van der Waals surface area (Å²) in [6, 6.07) is 0. The average molecular weight is 411 g/mol. The zero-order chi connectivity index (χ0) is 21.9. The highest BCUT2D eigenvalue weighted by Crippen LogP contribution is 2.70. The molecule has 3 fully saturated rings. The standard InChI is InChI=1S/C29H46O/c1-19(2)20(3)8-9-21(4)28(6)16-14-26-24-11-10-22-18-23(30)12-15-27(22,5)25(24)13-17-29(26,28)7/h8-11,19-21,23,25-26,30H,12-18H2,1-7H3/t20-,21+,23-,25-,26-,27-,28+,29-/m0/s1. The average Bonchev–Trinajstić information content (AvgIpc) is 2.98. The lowest BCUT2D eigenvalue weighted by Crippen LogP contribution is -2.49. The molecule has 8 atom stereocenters. The van der Waals surface area contributed by atoms with Crippen molar-refractivity contribution in [2.45, 2.75) is 99.5 Å². The molecule has 0 unspecified atom stereocenters. The van der Waals surface area contributed by atoms with E-state index in [4.69, 9.17) is 0 Å². The van der Waals surface area contributed by atoms with Gasteiger partial charge in [0.25, 0.3) is 0 Å². The summed E-state index contributed by atoms with van der Waals surface area (Å²) in [5.74, 6) is 3.44. The van der Waals surface area contributed by atoms with Gasteiger partial charge in [0.15, 0.2) is 0 Å². The third-order valence-corrected chi connectivity index (χ3v) is 11.0. The maximum absolute atomic E-state index is 10.2. The molecule has 4 aliphatic carbocycles. The van der Waals surface area contributed by atoms with Gasteiger partial charge in [0.1, 0.15) is 0 Å². The molecule has 0 saturated heterocycles. The molecule has 4 rings (SSSR count). The van der Waals surface area contributed by atoms with Crippen molar-refractivity contribution in [3.05, 3.63) is 35.5 Å². The third-order valence-electron chi connectivity index (χ3n) is 11.0. The zero-order valence-electron chi connectivity index (χ0n) is 20.7. The van der Waals surface area contributed by atoms with Crippen LogP contribution < -0.4 is 0 Å². The Balaban J connectivity index is 1.62. The minimum atomic E-state index is -0.122. The normalized spacial score (nSPS) is 45.4. The summed E-state index contributed by atoms with van der Waals surface area (Å²) in [6.45, 7) is 17.3. The lowest BCUT2D eigenvalue weighted by Gasteiger charge is -2.57. The third kappa shape index (κ3) is 3.21. The minimum Gasteiger partial charge on any atom is -0.393 e. The second kappa shape index (κ2) is 7.65. The molecule has 168 valence electrons. The van der Waals surface area contributed by atoms with Crippen molar-refractivity contribution in [1.82, 2.24) is 0 Å². The Morgan fingerprint density at radius 2 is 1.60 bits per heavy atom. The molecule has 0 spiro atoms. The summed E-state index contributed by atoms with van der Waals surface area (Å²) >= 11 is 0. The molecule has 1 N–H and O–H groups in total. The van der Waals surface area contributed by atoms with Crippen molar-refractivity contribution < 1.29 is 5.11 Å². The maximum atomic E-state index is 10.2. The lowest BCUT2D eigenvalue weighted by molar-refractivity contribution is -0.00863. The Morgan fingerprint density at radius 3 is 2.30 bits per heavy atom. The Morgan fingerprint density at radius 1 is 0.900 bits per heavy atom. The summed E-state index contributed by atoms with van der Waals surface area (Å²) in [7, 11) is 0. The predicted molar refractivity (Wildman–Crippen MR) is 128 cm³/mol. The van der Waals surface area contributed by atoms with Gasteiger partial charge in [-0.2, -0.15) is 0 Å². The van der Waals surface area contributed by atoms with Gasteiger partial charge < -0.3 is 5.11 Å². The molecule has 0 heterocycles. The van der Waals surface area contributed by atoms with Gasteiger partial charge in [-0.1, -0.05) is 83.9 Å². The van der Waals surface area contributed by atoms with Gasteiger partial charge in [-0.05, 0) is 90.8 Å². The van der Waals surface area contributed by atoms with E-state index >= 15 is 0 Å². The Hall–Kier alpha value is -0.820. The monoisotopic (exact) mass is 410 g/mol. The molecule has 0 aromatic rings. The van der Waals surface area contributed by atoms with E-state index in [9.17, 15) is 5.11 Å². The number of aliphatic hydroxyl groups excluding tert-OH is 1. The van der Waals surface area contributed by atoms with Gasteiger partial charge in [-0.25, -0.2) is 0 Å². The second-order valence-corrected chi connectivity index (χ2v) is 12.5. The molecule has 1 nitrogen and oxygen atoms in total. The first-order valence-corrected chi connectivity index (χ1v) is 12.8. The largest absolute Gasteiger partial charge is 0.393 e. The SMILES string of the molecule is CC(C)[C@@H](C)C=C[C@@H](C)[C@@]1(C)CC[C@H]2C3=CC=C4C[C@@H](O)CC[C@]4(C)[C@H]3CC[C@@]21C. The molecule has 0 amide bonds. The van der Waals surface area contributed by atoms with Gasteiger partial charge in [0.05, 0.1) is 6.10 Å². The predicted octanol–water partition coefficient (Wildman–Crippen LogP) is 7.72. The molecule has 3 saturated carbocycles. The molecule has 0 bridgehead atoms. The van der Waals surface area contributed by atoms with Crippen molar-refractivity contribution in [2.75, 3.05) is 0 Å². The van der Waals surface area contributed by atoms with Gasteiger partial charge >= 0.3 is 0 Å². The van der Waals surface area contributed by atoms with Crippen LogP contribution in [0.5, 0.6) is 0 Å². The van der Waals surface area contributed by atoms with Crippen molar-refractivity contribution in [1.29, 1.82) is 0 Å². The van der Waals surface area contributed by atoms with E-state index in [1.165, 1.54) is 31.3 Å². The minimum absolute atomic E-state index is 0.122. The van der Waals surface area contributed by atoms with Crippen molar-refractivity contribution in [3.8, 4) is 0 Å². The topological polar surface area (TPSA) is 20.2 Å². The van der Waals surface area contributed by atoms with E-state index in [0.29, 0.717) is 39.9 Å². The molecular formula is C29H46O. The van der Waals surface area contributed by atoms with Crippen LogP contribution in [0.25, 0.3) is 0 Å². The van der Waals surface area contributed by atoms with Crippen LogP contribution in [0.4, 0.5) is 0 Å². The fourth-order valence-corrected chi connectivity index (χ4v) is 7.81. The fourth-order valence-electron chi connectivity index (χ4n) is 7.81. The lowest BCUT2D eigenvalue weighted by atomic mass is 9.47. The summed E-state index contributed by atoms with van der Waals surface area (Å²) in [4.78, 5) is 0. The summed E-state index contributed by atoms with van der Waals surface area (Å²) in [5, 5.41) is 10.2. The number of aliphatic hydroxyl groups is 1. The summed E-state index contributed by atoms with van der Waals surface area (Å²) in [6.07, 6.45) is 18.3. The van der Waals surface area contributed by atoms with Crippen LogP contribution in [-0.2, 0) is 0 Å². The number of hydrogen-bond acceptors (Lipinski definition) is 1. The molecule has 4 aliphatic rings. The number of rotatable bonds is 4. The van der Waals surface area contributed by atoms with E-state index in [2.05, 4.69) is 72.8 Å². The molecule has 0 radical (unpaired) electrons. The van der Waals surface area contributed by atoms with E-state index < -0.39 is 0 Å². The number of hydrogen-bond donors (Lipinski definition) is 1. The highest BCUT2D eigenvalue weighted by molar-refractivity contribution is 5.39. The molecule has 0 aliphatic heterocycles. The first-order chi connectivity index (χ1) is 14.0. The van der Waals surface area contributed by atoms with Gasteiger partial charge in [0, 0.05) is 0 Å². The summed E-state index contributed by atoms with van der Waals surface area (Å²) in [5.41, 5.74) is 4.36. The zero-order valence-corrected chi connectivity index (χ0v) is 20.7. The molecular weight excluding hydrogens is 364 g/mol. The van der Waals surface area contributed by atoms with Crippen molar-refractivity contribution >= 4 is 0 Å². The van der Waals surface area contributed by atoms with E-state index in [1.807, 2.05) is 0 Å². The number of allylic oxidation sites excluding steroid dienone is 5. The van der Waals surface area contributed by atoms with Crippen LogP contribution in [0.3, 0.4) is 0 Å². The van der Waals surface area contributed by atoms with E-state index in [0.717, 1.165) is 25.2 Å². The van der Waals surface area contributed by atoms with Crippen LogP contribution in [0.1, 0.15) is 93.4 Å². The number of fused-ring (bicyclic) bond motifs is 5. The van der Waals surface area contributed by atoms with Crippen LogP contribution in [0.2, 0.25) is 0 Å². The fraction of sp³-hybridized carbons (Fsp3) is 0.793. The van der Waals surface area contributed by atoms with Crippen LogP contribution >= 0.6 is 0 Å². The van der Waals surface area contributed by atoms with Crippen molar-refractivity contribution in [3.63, 3.8) is 0 Å². The van der Waals surface area contributed by atoms with Crippen LogP contribution in [0, 0.1) is 45.8 Å². The Kier molecular flexibility index (Phi) is 5.70. The van der Waals surface area contributed by atoms with E-state index in [-0.39, 0.29) is 6.10 Å². The first kappa shape index (κ1) is 22.4. The van der Waals surface area contributed by atoms with E-state index in [1.54, 1.807) is 5.57 Å². The Bertz CT molecular complexity index is 756. The summed E-state index contributed by atoms with van der Waals surface area (Å²) < 4.78 is 0. The van der Waals surface area contributed by atoms with Crippen molar-refractivity contribution in [2.24, 2.45) is 45.8 Å². The molecule has 0 aromatic carbocycles. The highest BCUT2D eigenvalue weighted by Gasteiger charge is 2.61. The maximum Gasteiger partial charge on any atom is 0.0578 e. The van der Waals surface area contributed by atoms with Gasteiger partial charge in [0.2, 0.25) is 0 Å². The second-order valence-electron chi connectivity index (χ2n) is 12.5. The highest BCUT2D eigenvalue weighted by atomic mass is 16.3. The molecule has 0 aromatic heterocycles. The first-order valence-electron chi connectivity index (χ1n) is 12.8. The van der Waals surface area contributed by atoms with Crippen LogP contribution in [0.15, 0.2) is 35.5 Å². The Labute approximate surface area is 186 Å². The van der Waals surface area contributed by atoms with Gasteiger partial charge in [-0.15, -0.1) is 0 Å². The smallest absolute Gasteiger partial charge is 0.0578 e. The van der Waals surface area contributed by atoms with Gasteiger partial charge in [-0.3, -0.25) is 0 Å². The quantitative estimate of drug-likeness (QED) is 0.470.